The van der Waals surface area contributed by atoms with Crippen LogP contribution in [-0.4, -0.2) is 95.3 Å². The Hall–Kier alpha value is -4.73. The quantitative estimate of drug-likeness (QED) is 0.209. The first-order chi connectivity index (χ1) is 25.0. The minimum Gasteiger partial charge on any atom is -0.491 e. The number of nitrogens with zero attached hydrogens (tertiary/aromatic N) is 8. The number of hydrogen-bond acceptors (Lipinski definition) is 11. The minimum atomic E-state index is -3.33. The molecule has 276 valence electrons. The van der Waals surface area contributed by atoms with Crippen LogP contribution < -0.4 is 20.2 Å². The van der Waals surface area contributed by atoms with Crippen LogP contribution in [0.15, 0.2) is 95.2 Å². The van der Waals surface area contributed by atoms with Crippen molar-refractivity contribution >= 4 is 21.2 Å². The van der Waals surface area contributed by atoms with E-state index >= 15 is 0 Å². The molecule has 4 atom stereocenters. The average molecular weight is 731 g/mol. The van der Waals surface area contributed by atoms with Crippen molar-refractivity contribution in [2.45, 2.75) is 58.1 Å². The van der Waals surface area contributed by atoms with Gasteiger partial charge in [-0.15, -0.1) is 0 Å². The number of sulfone groups is 1. The average Bonchev–Trinajstić information content (AvgIpc) is 3.92. The second kappa shape index (κ2) is 14.4. The Morgan fingerprint density at radius 1 is 0.942 bits per heavy atom. The first kappa shape index (κ1) is 35.7. The molecule has 7 rings (SSSR count). The van der Waals surface area contributed by atoms with Crippen molar-refractivity contribution in [1.82, 2.24) is 29.3 Å². The van der Waals surface area contributed by atoms with E-state index in [2.05, 4.69) is 49.4 Å². The Kier molecular flexibility index (Phi) is 9.85. The fraction of sp³-hybridized carbons (Fsp3) is 0.459. The molecule has 4 aromatic rings. The number of aromatic nitrogens is 6. The van der Waals surface area contributed by atoms with E-state index < -0.39 is 21.0 Å². The summed E-state index contributed by atoms with van der Waals surface area (Å²) in [5, 5.41) is 12.8. The number of piperazine rings is 1. The lowest BCUT2D eigenvalue weighted by Gasteiger charge is -2.43. The SMILES string of the molecule is CCC(C)n1ncn(-c2ccc(N3CCN(c4ccc(OC[C@@H]5CO[C@@](Cn6nccn6)(C6(C)C=CC(S(C)(=O)=O)=CC6)O5)cc4)CC3)cc2)c1=O. The Balaban J connectivity index is 0.928. The van der Waals surface area contributed by atoms with Gasteiger partial charge in [-0.3, -0.25) is 0 Å². The zero-order chi connectivity index (χ0) is 36.5. The number of anilines is 2. The molecule has 52 heavy (non-hydrogen) atoms. The maximum Gasteiger partial charge on any atom is 0.350 e. The maximum absolute atomic E-state index is 12.8. The highest BCUT2D eigenvalue weighted by molar-refractivity contribution is 7.94. The topological polar surface area (TPSA) is 139 Å². The van der Waals surface area contributed by atoms with Gasteiger partial charge in [0.2, 0.25) is 0 Å². The smallest absolute Gasteiger partial charge is 0.350 e. The van der Waals surface area contributed by atoms with E-state index in [-0.39, 0.29) is 35.9 Å². The number of hydrogen-bond donors (Lipinski definition) is 0. The van der Waals surface area contributed by atoms with E-state index in [4.69, 9.17) is 14.2 Å². The highest BCUT2D eigenvalue weighted by Gasteiger charge is 2.55. The van der Waals surface area contributed by atoms with Crippen LogP contribution in [0, 0.1) is 5.41 Å². The molecule has 2 aliphatic heterocycles. The lowest BCUT2D eigenvalue weighted by atomic mass is 9.75. The molecule has 0 N–H and O–H groups in total. The normalized spacial score (nSPS) is 24.2. The largest absolute Gasteiger partial charge is 0.491 e. The number of rotatable bonds is 12. The predicted octanol–water partition coefficient (Wildman–Crippen LogP) is 4.01. The van der Waals surface area contributed by atoms with Crippen LogP contribution in [0.1, 0.15) is 39.7 Å². The van der Waals surface area contributed by atoms with E-state index in [1.807, 2.05) is 51.1 Å². The summed E-state index contributed by atoms with van der Waals surface area (Å²) in [5.41, 5.74) is 2.27. The Labute approximate surface area is 303 Å². The van der Waals surface area contributed by atoms with Crippen LogP contribution in [0.3, 0.4) is 0 Å². The summed E-state index contributed by atoms with van der Waals surface area (Å²) in [6.07, 6.45) is 12.1. The monoisotopic (exact) mass is 730 g/mol. The lowest BCUT2D eigenvalue weighted by molar-refractivity contribution is -0.239. The van der Waals surface area contributed by atoms with Crippen molar-refractivity contribution in [2.75, 3.05) is 55.4 Å². The van der Waals surface area contributed by atoms with Gasteiger partial charge >= 0.3 is 5.69 Å². The third kappa shape index (κ3) is 7.17. The van der Waals surface area contributed by atoms with Crippen molar-refractivity contribution in [3.8, 4) is 11.4 Å². The standard InChI is InChI=1S/C37H46N8O6S/c1-5-28(2)45-35(46)43(27-40-45)31-8-6-29(7-9-31)41-20-22-42(23-21-41)30-10-12-32(13-11-30)49-24-33-25-50-37(51-33,26-44-38-18-19-39-44)36(3)16-14-34(15-17-36)52(4,47)48/h6-16,18-19,27-28,33H,5,17,20-26H2,1-4H3/t28?,33-,36?,37-/m1/s1. The van der Waals surface area contributed by atoms with Crippen molar-refractivity contribution in [2.24, 2.45) is 5.41 Å². The van der Waals surface area contributed by atoms with Gasteiger partial charge in [-0.2, -0.15) is 20.1 Å². The highest BCUT2D eigenvalue weighted by atomic mass is 32.2. The molecule has 0 amide bonds. The Morgan fingerprint density at radius 2 is 1.56 bits per heavy atom. The number of ether oxygens (including phenoxy) is 3. The van der Waals surface area contributed by atoms with E-state index in [1.165, 1.54) is 15.7 Å². The van der Waals surface area contributed by atoms with Gasteiger partial charge in [0.05, 0.1) is 35.6 Å². The second-order valence-electron chi connectivity index (χ2n) is 14.0. The van der Waals surface area contributed by atoms with Crippen LogP contribution in [-0.2, 0) is 25.9 Å². The van der Waals surface area contributed by atoms with E-state index in [1.54, 1.807) is 35.4 Å². The molecule has 2 aromatic carbocycles. The van der Waals surface area contributed by atoms with Gasteiger partial charge in [0, 0.05) is 49.2 Å². The Morgan fingerprint density at radius 3 is 2.13 bits per heavy atom. The van der Waals surface area contributed by atoms with Gasteiger partial charge in [-0.05, 0) is 74.4 Å². The fourth-order valence-corrected chi connectivity index (χ4v) is 7.65. The van der Waals surface area contributed by atoms with Gasteiger partial charge in [0.25, 0.3) is 0 Å². The molecular formula is C37H46N8O6S. The molecule has 0 saturated carbocycles. The maximum atomic E-state index is 12.8. The lowest BCUT2D eigenvalue weighted by Crippen LogP contribution is -2.51. The van der Waals surface area contributed by atoms with E-state index in [9.17, 15) is 13.2 Å². The minimum absolute atomic E-state index is 0.0573. The van der Waals surface area contributed by atoms with Gasteiger partial charge in [-0.25, -0.2) is 22.5 Å². The van der Waals surface area contributed by atoms with Crippen molar-refractivity contribution < 1.29 is 22.6 Å². The van der Waals surface area contributed by atoms with Gasteiger partial charge in [-0.1, -0.05) is 26.0 Å². The first-order valence-electron chi connectivity index (χ1n) is 17.7. The molecule has 4 heterocycles. The van der Waals surface area contributed by atoms with Crippen molar-refractivity contribution in [1.29, 1.82) is 0 Å². The molecular weight excluding hydrogens is 685 g/mol. The van der Waals surface area contributed by atoms with Crippen LogP contribution in [0.4, 0.5) is 11.4 Å². The van der Waals surface area contributed by atoms with Gasteiger partial charge in [0.15, 0.2) is 15.6 Å². The number of allylic oxidation sites excluding steroid dienone is 2. The predicted molar refractivity (Wildman–Crippen MR) is 198 cm³/mol. The summed E-state index contributed by atoms with van der Waals surface area (Å²) in [5.74, 6) is -0.392. The van der Waals surface area contributed by atoms with Crippen LogP contribution >= 0.6 is 0 Å². The molecule has 1 aliphatic carbocycles. The molecule has 2 saturated heterocycles. The molecule has 0 bridgehead atoms. The third-order valence-electron chi connectivity index (χ3n) is 10.4. The third-order valence-corrected chi connectivity index (χ3v) is 11.6. The second-order valence-corrected chi connectivity index (χ2v) is 16.0. The first-order valence-corrected chi connectivity index (χ1v) is 19.6. The Bertz CT molecular complexity index is 2070. The highest BCUT2D eigenvalue weighted by Crippen LogP contribution is 2.47. The molecule has 0 spiro atoms. The van der Waals surface area contributed by atoms with Crippen LogP contribution in [0.5, 0.6) is 5.75 Å². The fourth-order valence-electron chi connectivity index (χ4n) is 6.95. The molecule has 2 unspecified atom stereocenters. The molecule has 3 aliphatic rings. The van der Waals surface area contributed by atoms with Crippen LogP contribution in [0.2, 0.25) is 0 Å². The van der Waals surface area contributed by atoms with E-state index in [0.717, 1.165) is 55.4 Å². The van der Waals surface area contributed by atoms with E-state index in [0.29, 0.717) is 13.0 Å². The van der Waals surface area contributed by atoms with Crippen molar-refractivity contribution in [3.05, 3.63) is 101 Å². The summed E-state index contributed by atoms with van der Waals surface area (Å²) >= 11 is 0. The van der Waals surface area contributed by atoms with Crippen LogP contribution in [0.25, 0.3) is 5.69 Å². The van der Waals surface area contributed by atoms with Crippen molar-refractivity contribution in [3.63, 3.8) is 0 Å². The summed E-state index contributed by atoms with van der Waals surface area (Å²) in [7, 11) is -3.33. The summed E-state index contributed by atoms with van der Waals surface area (Å²) in [6.45, 7) is 10.3. The molecule has 15 heteroatoms. The zero-order valence-corrected chi connectivity index (χ0v) is 30.9. The zero-order valence-electron chi connectivity index (χ0n) is 30.0. The van der Waals surface area contributed by atoms with Gasteiger partial charge < -0.3 is 24.0 Å². The molecule has 14 nitrogen and oxygen atoms in total. The molecule has 2 fully saturated rings. The summed E-state index contributed by atoms with van der Waals surface area (Å²) in [6, 6.07) is 16.3. The summed E-state index contributed by atoms with van der Waals surface area (Å²) < 4.78 is 46.6. The molecule has 0 radical (unpaired) electrons. The molecule has 2 aromatic heterocycles. The summed E-state index contributed by atoms with van der Waals surface area (Å²) in [4.78, 5) is 19.4. The van der Waals surface area contributed by atoms with Gasteiger partial charge in [0.1, 0.15) is 31.3 Å². The number of benzene rings is 2.